The minimum absolute atomic E-state index is 0.0624. The summed E-state index contributed by atoms with van der Waals surface area (Å²) in [7, 11) is 0. The molecular weight excluding hydrogens is 352 g/mol. The highest BCUT2D eigenvalue weighted by molar-refractivity contribution is 6.30. The van der Waals surface area contributed by atoms with Crippen molar-refractivity contribution in [1.82, 2.24) is 5.32 Å². The zero-order chi connectivity index (χ0) is 18.9. The van der Waals surface area contributed by atoms with E-state index in [-0.39, 0.29) is 24.3 Å². The first-order chi connectivity index (χ1) is 12.5. The van der Waals surface area contributed by atoms with Crippen LogP contribution in [0.2, 0.25) is 5.02 Å². The maximum Gasteiger partial charge on any atom is 0.233 e. The molecule has 0 heterocycles. The van der Waals surface area contributed by atoms with Gasteiger partial charge in [0.05, 0.1) is 0 Å². The fraction of sp³-hybridized carbons (Fsp3) is 0.300. The molecule has 5 nitrogen and oxygen atoms in total. The molecule has 1 atom stereocenters. The van der Waals surface area contributed by atoms with E-state index >= 15 is 0 Å². The first-order valence-electron chi connectivity index (χ1n) is 8.52. The molecule has 2 rings (SSSR count). The zero-order valence-corrected chi connectivity index (χ0v) is 15.7. The van der Waals surface area contributed by atoms with E-state index in [1.54, 1.807) is 24.3 Å². The number of halogens is 1. The predicted octanol–water partition coefficient (Wildman–Crippen LogP) is 4.16. The highest BCUT2D eigenvalue weighted by Crippen LogP contribution is 2.18. The SMILES string of the molecule is CCC(C)NC(=O)CC(=O)Nc1ccc(OCc2ccc(Cl)cc2)cc1. The molecule has 2 aromatic carbocycles. The van der Waals surface area contributed by atoms with Gasteiger partial charge in [0.1, 0.15) is 18.8 Å². The van der Waals surface area contributed by atoms with E-state index < -0.39 is 0 Å². The third-order valence-corrected chi connectivity index (χ3v) is 4.05. The molecule has 26 heavy (non-hydrogen) atoms. The number of anilines is 1. The number of nitrogens with one attached hydrogen (secondary N) is 2. The maximum atomic E-state index is 11.9. The molecular formula is C20H23ClN2O3. The molecule has 0 aliphatic heterocycles. The average molecular weight is 375 g/mol. The van der Waals surface area contributed by atoms with Crippen molar-refractivity contribution in [3.63, 3.8) is 0 Å². The summed E-state index contributed by atoms with van der Waals surface area (Å²) in [6.07, 6.45) is 0.629. The first-order valence-corrected chi connectivity index (χ1v) is 8.90. The Labute approximate surface area is 158 Å². The fourth-order valence-corrected chi connectivity index (χ4v) is 2.29. The number of carbonyl (C=O) groups excluding carboxylic acids is 2. The third-order valence-electron chi connectivity index (χ3n) is 3.80. The van der Waals surface area contributed by atoms with Crippen LogP contribution in [0.5, 0.6) is 5.75 Å². The van der Waals surface area contributed by atoms with Crippen LogP contribution in [0.25, 0.3) is 0 Å². The lowest BCUT2D eigenvalue weighted by Gasteiger charge is -2.11. The van der Waals surface area contributed by atoms with Gasteiger partial charge < -0.3 is 15.4 Å². The number of carbonyl (C=O) groups is 2. The van der Waals surface area contributed by atoms with Gasteiger partial charge in [-0.25, -0.2) is 0 Å². The van der Waals surface area contributed by atoms with Crippen LogP contribution in [0.15, 0.2) is 48.5 Å². The second-order valence-corrected chi connectivity index (χ2v) is 6.48. The Morgan fingerprint density at radius 3 is 2.31 bits per heavy atom. The van der Waals surface area contributed by atoms with Crippen LogP contribution in [0.4, 0.5) is 5.69 Å². The van der Waals surface area contributed by atoms with Gasteiger partial charge in [0.2, 0.25) is 11.8 Å². The topological polar surface area (TPSA) is 67.4 Å². The van der Waals surface area contributed by atoms with Crippen LogP contribution in [0.3, 0.4) is 0 Å². The van der Waals surface area contributed by atoms with E-state index in [4.69, 9.17) is 16.3 Å². The van der Waals surface area contributed by atoms with E-state index in [1.165, 1.54) is 0 Å². The summed E-state index contributed by atoms with van der Waals surface area (Å²) in [4.78, 5) is 23.6. The van der Waals surface area contributed by atoms with Gasteiger partial charge in [0, 0.05) is 16.8 Å². The molecule has 6 heteroatoms. The van der Waals surface area contributed by atoms with Crippen molar-refractivity contribution in [3.8, 4) is 5.75 Å². The molecule has 2 amide bonds. The molecule has 0 aromatic heterocycles. The molecule has 0 spiro atoms. The molecule has 0 radical (unpaired) electrons. The minimum atomic E-state index is -0.347. The highest BCUT2D eigenvalue weighted by Gasteiger charge is 2.11. The Balaban J connectivity index is 1.80. The van der Waals surface area contributed by atoms with Gasteiger partial charge in [0.15, 0.2) is 0 Å². The summed E-state index contributed by atoms with van der Waals surface area (Å²) in [6, 6.07) is 14.5. The largest absolute Gasteiger partial charge is 0.489 e. The summed E-state index contributed by atoms with van der Waals surface area (Å²) in [6.45, 7) is 4.30. The van der Waals surface area contributed by atoms with Crippen molar-refractivity contribution in [3.05, 3.63) is 59.1 Å². The number of rotatable bonds is 8. The normalized spacial score (nSPS) is 11.5. The Morgan fingerprint density at radius 1 is 1.04 bits per heavy atom. The van der Waals surface area contributed by atoms with Crippen molar-refractivity contribution in [2.24, 2.45) is 0 Å². The van der Waals surface area contributed by atoms with Crippen molar-refractivity contribution in [2.45, 2.75) is 39.3 Å². The van der Waals surface area contributed by atoms with Gasteiger partial charge in [-0.1, -0.05) is 30.7 Å². The number of amides is 2. The van der Waals surface area contributed by atoms with Crippen LogP contribution in [0, 0.1) is 0 Å². The molecule has 1 unspecified atom stereocenters. The predicted molar refractivity (Wildman–Crippen MR) is 103 cm³/mol. The lowest BCUT2D eigenvalue weighted by Crippen LogP contribution is -2.34. The van der Waals surface area contributed by atoms with Gasteiger partial charge in [-0.2, -0.15) is 0 Å². The van der Waals surface area contributed by atoms with Gasteiger partial charge in [0.25, 0.3) is 0 Å². The smallest absolute Gasteiger partial charge is 0.233 e. The second-order valence-electron chi connectivity index (χ2n) is 6.04. The zero-order valence-electron chi connectivity index (χ0n) is 14.9. The number of ether oxygens (including phenoxy) is 1. The molecule has 2 N–H and O–H groups in total. The number of benzene rings is 2. The van der Waals surface area contributed by atoms with Crippen molar-refractivity contribution in [2.75, 3.05) is 5.32 Å². The van der Waals surface area contributed by atoms with E-state index in [9.17, 15) is 9.59 Å². The molecule has 0 bridgehead atoms. The lowest BCUT2D eigenvalue weighted by molar-refractivity contribution is -0.127. The molecule has 0 saturated heterocycles. The molecule has 2 aromatic rings. The lowest BCUT2D eigenvalue weighted by atomic mass is 10.2. The average Bonchev–Trinajstić information content (AvgIpc) is 2.62. The summed E-state index contributed by atoms with van der Waals surface area (Å²) in [5, 5.41) is 6.15. The first kappa shape index (κ1) is 19.8. The summed E-state index contributed by atoms with van der Waals surface area (Å²) >= 11 is 5.85. The van der Waals surface area contributed by atoms with E-state index in [0.717, 1.165) is 12.0 Å². The van der Waals surface area contributed by atoms with E-state index in [0.29, 0.717) is 23.1 Å². The standard InChI is InChI=1S/C20H23ClN2O3/c1-3-14(2)22-19(24)12-20(25)23-17-8-10-18(11-9-17)26-13-15-4-6-16(21)7-5-15/h4-11,14H,3,12-13H2,1-2H3,(H,22,24)(H,23,25). The Kier molecular flexibility index (Phi) is 7.48. The third kappa shape index (κ3) is 6.76. The minimum Gasteiger partial charge on any atom is -0.489 e. The second kappa shape index (κ2) is 9.82. The van der Waals surface area contributed by atoms with Crippen molar-refractivity contribution >= 4 is 29.1 Å². The van der Waals surface area contributed by atoms with Gasteiger partial charge in [-0.05, 0) is 55.3 Å². The summed E-state index contributed by atoms with van der Waals surface area (Å²) in [5.74, 6) is 0.0628. The summed E-state index contributed by atoms with van der Waals surface area (Å²) in [5.41, 5.74) is 1.63. The van der Waals surface area contributed by atoms with E-state index in [2.05, 4.69) is 10.6 Å². The maximum absolute atomic E-state index is 11.9. The molecule has 0 fully saturated rings. The van der Waals surface area contributed by atoms with Gasteiger partial charge in [-0.15, -0.1) is 0 Å². The quantitative estimate of drug-likeness (QED) is 0.681. The number of hydrogen-bond donors (Lipinski definition) is 2. The van der Waals surface area contributed by atoms with Crippen molar-refractivity contribution < 1.29 is 14.3 Å². The molecule has 0 aliphatic carbocycles. The van der Waals surface area contributed by atoms with Gasteiger partial charge >= 0.3 is 0 Å². The Bertz CT molecular complexity index is 730. The summed E-state index contributed by atoms with van der Waals surface area (Å²) < 4.78 is 5.69. The van der Waals surface area contributed by atoms with Crippen LogP contribution in [-0.2, 0) is 16.2 Å². The van der Waals surface area contributed by atoms with E-state index in [1.807, 2.05) is 38.1 Å². The van der Waals surface area contributed by atoms with Gasteiger partial charge in [-0.3, -0.25) is 9.59 Å². The molecule has 0 saturated carbocycles. The van der Waals surface area contributed by atoms with Crippen LogP contribution >= 0.6 is 11.6 Å². The van der Waals surface area contributed by atoms with Crippen LogP contribution < -0.4 is 15.4 Å². The monoisotopic (exact) mass is 374 g/mol. The van der Waals surface area contributed by atoms with Crippen LogP contribution in [0.1, 0.15) is 32.3 Å². The van der Waals surface area contributed by atoms with Crippen LogP contribution in [-0.4, -0.2) is 17.9 Å². The Hall–Kier alpha value is -2.53. The fourth-order valence-electron chi connectivity index (χ4n) is 2.16. The highest BCUT2D eigenvalue weighted by atomic mass is 35.5. The Morgan fingerprint density at radius 2 is 1.69 bits per heavy atom. The molecule has 138 valence electrons. The number of hydrogen-bond acceptors (Lipinski definition) is 3. The van der Waals surface area contributed by atoms with Crippen molar-refractivity contribution in [1.29, 1.82) is 0 Å². The molecule has 0 aliphatic rings.